The fourth-order valence-corrected chi connectivity index (χ4v) is 4.57. The summed E-state index contributed by atoms with van der Waals surface area (Å²) in [6.07, 6.45) is 6.52. The number of halogens is 1. The highest BCUT2D eigenvalue weighted by molar-refractivity contribution is 5.98. The zero-order chi connectivity index (χ0) is 18.1. The normalized spacial score (nSPS) is 25.0. The van der Waals surface area contributed by atoms with Crippen molar-refractivity contribution >= 4 is 11.8 Å². The van der Waals surface area contributed by atoms with E-state index in [9.17, 15) is 14.0 Å². The van der Waals surface area contributed by atoms with Crippen LogP contribution in [0, 0.1) is 5.82 Å². The number of hydrogen-bond acceptors (Lipinski definition) is 3. The van der Waals surface area contributed by atoms with Gasteiger partial charge in [0.15, 0.2) is 0 Å². The molecule has 140 valence electrons. The van der Waals surface area contributed by atoms with E-state index < -0.39 is 17.6 Å². The molecule has 4 rings (SSSR count). The molecule has 1 saturated carbocycles. The number of hydrogen-bond donors (Lipinski definition) is 0. The molecule has 3 fully saturated rings. The second-order valence-electron chi connectivity index (χ2n) is 7.55. The van der Waals surface area contributed by atoms with Crippen molar-refractivity contribution in [1.82, 2.24) is 9.80 Å². The van der Waals surface area contributed by atoms with E-state index in [0.717, 1.165) is 58.0 Å². The standard InChI is InChI=1S/C20H25FN2O3/c21-16-8-6-7-15(13-16)18(24)23-17(19(25)22-11-4-5-12-22)14-26-20(23)9-2-1-3-10-20/h6-8,13,17H,1-5,9-12,14H2. The van der Waals surface area contributed by atoms with Gasteiger partial charge in [0, 0.05) is 18.7 Å². The van der Waals surface area contributed by atoms with Crippen molar-refractivity contribution in [2.24, 2.45) is 0 Å². The SMILES string of the molecule is O=C(C1COC2(CCCCC2)N1C(=O)c1cccc(F)c1)N1CCCC1. The van der Waals surface area contributed by atoms with Crippen LogP contribution in [0.2, 0.25) is 0 Å². The van der Waals surface area contributed by atoms with Crippen LogP contribution in [0.25, 0.3) is 0 Å². The number of likely N-dealkylation sites (tertiary alicyclic amines) is 1. The molecule has 0 radical (unpaired) electrons. The van der Waals surface area contributed by atoms with Gasteiger partial charge in [0.2, 0.25) is 5.91 Å². The van der Waals surface area contributed by atoms with Gasteiger partial charge < -0.3 is 9.64 Å². The molecular weight excluding hydrogens is 335 g/mol. The summed E-state index contributed by atoms with van der Waals surface area (Å²) < 4.78 is 19.8. The van der Waals surface area contributed by atoms with Gasteiger partial charge in [-0.15, -0.1) is 0 Å². The first kappa shape index (κ1) is 17.5. The molecule has 2 saturated heterocycles. The molecule has 0 N–H and O–H groups in total. The molecule has 2 aliphatic heterocycles. The Morgan fingerprint density at radius 2 is 1.81 bits per heavy atom. The summed E-state index contributed by atoms with van der Waals surface area (Å²) >= 11 is 0. The maximum Gasteiger partial charge on any atom is 0.256 e. The Morgan fingerprint density at radius 3 is 2.50 bits per heavy atom. The third-order valence-electron chi connectivity index (χ3n) is 5.89. The summed E-state index contributed by atoms with van der Waals surface area (Å²) in [5.74, 6) is -0.785. The first-order chi connectivity index (χ1) is 12.6. The third kappa shape index (κ3) is 3.00. The molecule has 3 aliphatic rings. The van der Waals surface area contributed by atoms with E-state index in [1.807, 2.05) is 4.90 Å². The molecule has 1 atom stereocenters. The number of carbonyl (C=O) groups is 2. The monoisotopic (exact) mass is 360 g/mol. The van der Waals surface area contributed by atoms with Gasteiger partial charge in [-0.1, -0.05) is 12.5 Å². The van der Waals surface area contributed by atoms with Gasteiger partial charge in [0.1, 0.15) is 17.6 Å². The van der Waals surface area contributed by atoms with Gasteiger partial charge in [0.05, 0.1) is 6.61 Å². The fraction of sp³-hybridized carbons (Fsp3) is 0.600. The summed E-state index contributed by atoms with van der Waals surface area (Å²) in [4.78, 5) is 29.9. The largest absolute Gasteiger partial charge is 0.353 e. The third-order valence-corrected chi connectivity index (χ3v) is 5.89. The van der Waals surface area contributed by atoms with Gasteiger partial charge in [0.25, 0.3) is 5.91 Å². The van der Waals surface area contributed by atoms with Gasteiger partial charge in [-0.05, 0) is 56.7 Å². The molecule has 1 aliphatic carbocycles. The molecule has 6 heteroatoms. The average molecular weight is 360 g/mol. The van der Waals surface area contributed by atoms with Gasteiger partial charge in [-0.25, -0.2) is 4.39 Å². The predicted octanol–water partition coefficient (Wildman–Crippen LogP) is 2.95. The zero-order valence-electron chi connectivity index (χ0n) is 15.0. The van der Waals surface area contributed by atoms with Crippen LogP contribution in [-0.2, 0) is 9.53 Å². The van der Waals surface area contributed by atoms with Crippen molar-refractivity contribution in [3.05, 3.63) is 35.6 Å². The summed E-state index contributed by atoms with van der Waals surface area (Å²) in [6, 6.07) is 5.10. The van der Waals surface area contributed by atoms with Gasteiger partial charge in [-0.3, -0.25) is 14.5 Å². The Labute approximate surface area is 153 Å². The molecule has 1 aromatic rings. The van der Waals surface area contributed by atoms with Crippen molar-refractivity contribution < 1.29 is 18.7 Å². The van der Waals surface area contributed by atoms with Crippen LogP contribution in [0.1, 0.15) is 55.3 Å². The molecule has 0 bridgehead atoms. The predicted molar refractivity (Wildman–Crippen MR) is 93.9 cm³/mol. The summed E-state index contributed by atoms with van der Waals surface area (Å²) in [7, 11) is 0. The minimum atomic E-state index is -0.721. The molecule has 2 amide bonds. The van der Waals surface area contributed by atoms with Crippen molar-refractivity contribution in [3.63, 3.8) is 0 Å². The number of ether oxygens (including phenoxy) is 1. The number of rotatable bonds is 2. The highest BCUT2D eigenvalue weighted by atomic mass is 19.1. The minimum Gasteiger partial charge on any atom is -0.353 e. The summed E-state index contributed by atoms with van der Waals surface area (Å²) in [5.41, 5.74) is -0.443. The molecule has 1 unspecified atom stereocenters. The van der Waals surface area contributed by atoms with Crippen LogP contribution in [0.4, 0.5) is 4.39 Å². The number of nitrogens with zero attached hydrogens (tertiary/aromatic N) is 2. The fourth-order valence-electron chi connectivity index (χ4n) is 4.57. The van der Waals surface area contributed by atoms with Crippen molar-refractivity contribution in [2.45, 2.75) is 56.7 Å². The highest BCUT2D eigenvalue weighted by Crippen LogP contribution is 2.41. The summed E-state index contributed by atoms with van der Waals surface area (Å²) in [5, 5.41) is 0. The van der Waals surface area contributed by atoms with E-state index >= 15 is 0 Å². The Morgan fingerprint density at radius 1 is 1.08 bits per heavy atom. The number of benzene rings is 1. The van der Waals surface area contributed by atoms with Gasteiger partial charge in [-0.2, -0.15) is 0 Å². The average Bonchev–Trinajstić information content (AvgIpc) is 3.30. The summed E-state index contributed by atoms with van der Waals surface area (Å²) in [6.45, 7) is 1.71. The van der Waals surface area contributed by atoms with Crippen LogP contribution in [-0.4, -0.2) is 53.1 Å². The first-order valence-corrected chi connectivity index (χ1v) is 9.63. The lowest BCUT2D eigenvalue weighted by molar-refractivity contribution is -0.136. The maximum atomic E-state index is 13.7. The second kappa shape index (κ2) is 6.99. The number of carbonyl (C=O) groups excluding carboxylic acids is 2. The van der Waals surface area contributed by atoms with E-state index in [0.29, 0.717) is 0 Å². The van der Waals surface area contributed by atoms with E-state index in [1.165, 1.54) is 18.2 Å². The first-order valence-electron chi connectivity index (χ1n) is 9.63. The lowest BCUT2D eigenvalue weighted by atomic mass is 9.89. The molecule has 5 nitrogen and oxygen atoms in total. The van der Waals surface area contributed by atoms with E-state index in [-0.39, 0.29) is 24.0 Å². The lowest BCUT2D eigenvalue weighted by Gasteiger charge is -2.42. The Balaban J connectivity index is 1.67. The molecular formula is C20H25FN2O3. The quantitative estimate of drug-likeness (QED) is 0.815. The van der Waals surface area contributed by atoms with Crippen LogP contribution in [0.3, 0.4) is 0 Å². The lowest BCUT2D eigenvalue weighted by Crippen LogP contribution is -2.56. The Bertz CT molecular complexity index is 696. The van der Waals surface area contributed by atoms with E-state index in [1.54, 1.807) is 11.0 Å². The van der Waals surface area contributed by atoms with E-state index in [2.05, 4.69) is 0 Å². The topological polar surface area (TPSA) is 49.9 Å². The van der Waals surface area contributed by atoms with Crippen molar-refractivity contribution in [1.29, 1.82) is 0 Å². The molecule has 1 spiro atoms. The minimum absolute atomic E-state index is 0.0327. The van der Waals surface area contributed by atoms with Crippen molar-refractivity contribution in [2.75, 3.05) is 19.7 Å². The Kier molecular flexibility index (Phi) is 4.69. The Hall–Kier alpha value is -1.95. The molecule has 2 heterocycles. The molecule has 26 heavy (non-hydrogen) atoms. The van der Waals surface area contributed by atoms with Crippen molar-refractivity contribution in [3.8, 4) is 0 Å². The maximum absolute atomic E-state index is 13.7. The zero-order valence-corrected chi connectivity index (χ0v) is 15.0. The van der Waals surface area contributed by atoms with Crippen LogP contribution in [0.15, 0.2) is 24.3 Å². The molecule has 0 aromatic heterocycles. The molecule has 1 aromatic carbocycles. The van der Waals surface area contributed by atoms with Crippen LogP contribution < -0.4 is 0 Å². The number of amides is 2. The highest BCUT2D eigenvalue weighted by Gasteiger charge is 2.53. The van der Waals surface area contributed by atoms with Crippen LogP contribution in [0.5, 0.6) is 0 Å². The van der Waals surface area contributed by atoms with E-state index in [4.69, 9.17) is 4.74 Å². The van der Waals surface area contributed by atoms with Crippen LogP contribution >= 0.6 is 0 Å². The second-order valence-corrected chi connectivity index (χ2v) is 7.55. The van der Waals surface area contributed by atoms with Gasteiger partial charge >= 0.3 is 0 Å². The smallest absolute Gasteiger partial charge is 0.256 e.